The average Bonchev–Trinajstić information content (AvgIpc) is 3.10. The van der Waals surface area contributed by atoms with Gasteiger partial charge < -0.3 is 9.47 Å². The van der Waals surface area contributed by atoms with Crippen molar-refractivity contribution in [1.82, 2.24) is 4.98 Å². The first-order valence-electron chi connectivity index (χ1n) is 8.88. The van der Waals surface area contributed by atoms with Crippen LogP contribution in [-0.4, -0.2) is 26.6 Å². The Balaban J connectivity index is 2.04. The Morgan fingerprint density at radius 3 is 2.43 bits per heavy atom. The molecule has 0 atom stereocenters. The highest BCUT2D eigenvalue weighted by Crippen LogP contribution is 2.33. The molecule has 0 aliphatic heterocycles. The van der Waals surface area contributed by atoms with Gasteiger partial charge in [-0.1, -0.05) is 12.1 Å². The van der Waals surface area contributed by atoms with Crippen molar-refractivity contribution < 1.29 is 17.9 Å². The third kappa shape index (κ3) is 4.45. The molecule has 0 saturated carbocycles. The summed E-state index contributed by atoms with van der Waals surface area (Å²) in [5, 5.41) is 2.82. The fourth-order valence-electron chi connectivity index (χ4n) is 2.68. The van der Waals surface area contributed by atoms with E-state index in [4.69, 9.17) is 9.47 Å². The second-order valence-corrected chi connectivity index (χ2v) is 8.59. The monoisotopic (exact) mass is 418 g/mol. The molecule has 28 heavy (non-hydrogen) atoms. The van der Waals surface area contributed by atoms with Crippen molar-refractivity contribution >= 4 is 27.0 Å². The molecule has 0 fully saturated rings. The van der Waals surface area contributed by atoms with Crippen LogP contribution in [0, 0.1) is 6.92 Å². The topological polar surface area (TPSA) is 77.5 Å². The number of ether oxygens (including phenoxy) is 2. The number of aryl methyl sites for hydroxylation is 1. The van der Waals surface area contributed by atoms with Gasteiger partial charge in [0.05, 0.1) is 29.6 Å². The zero-order valence-electron chi connectivity index (χ0n) is 15.9. The number of sulfonamides is 1. The van der Waals surface area contributed by atoms with Crippen molar-refractivity contribution in [2.24, 2.45) is 0 Å². The van der Waals surface area contributed by atoms with Crippen molar-refractivity contribution in [3.8, 4) is 22.8 Å². The van der Waals surface area contributed by atoms with Gasteiger partial charge in [-0.2, -0.15) is 0 Å². The number of benzene rings is 2. The van der Waals surface area contributed by atoms with Crippen LogP contribution in [0.15, 0.2) is 52.7 Å². The molecule has 1 heterocycles. The van der Waals surface area contributed by atoms with E-state index in [-0.39, 0.29) is 4.90 Å². The van der Waals surface area contributed by atoms with E-state index < -0.39 is 10.0 Å². The van der Waals surface area contributed by atoms with Gasteiger partial charge in [-0.05, 0) is 51.1 Å². The lowest BCUT2D eigenvalue weighted by Crippen LogP contribution is -2.15. The molecule has 8 heteroatoms. The van der Waals surface area contributed by atoms with Gasteiger partial charge in [0.2, 0.25) is 0 Å². The van der Waals surface area contributed by atoms with Gasteiger partial charge in [-0.3, -0.25) is 4.72 Å². The maximum Gasteiger partial charge on any atom is 0.265 e. The van der Waals surface area contributed by atoms with Crippen LogP contribution in [0.1, 0.15) is 18.9 Å². The quantitative estimate of drug-likeness (QED) is 0.573. The number of nitrogens with zero attached hydrogens (tertiary/aromatic N) is 1. The Morgan fingerprint density at radius 1 is 1.04 bits per heavy atom. The van der Waals surface area contributed by atoms with E-state index in [9.17, 15) is 8.42 Å². The maximum atomic E-state index is 13.2. The van der Waals surface area contributed by atoms with Crippen molar-refractivity contribution in [3.05, 3.63) is 52.9 Å². The second-order valence-electron chi connectivity index (χ2n) is 5.88. The van der Waals surface area contributed by atoms with Crippen LogP contribution in [0.25, 0.3) is 11.3 Å². The summed E-state index contributed by atoms with van der Waals surface area (Å²) in [6.07, 6.45) is 0. The summed E-state index contributed by atoms with van der Waals surface area (Å²) in [6.45, 7) is 6.35. The molecule has 0 aliphatic rings. The summed E-state index contributed by atoms with van der Waals surface area (Å²) in [5.74, 6) is 0.761. The van der Waals surface area contributed by atoms with E-state index in [1.807, 2.05) is 32.2 Å². The van der Waals surface area contributed by atoms with Gasteiger partial charge in [-0.25, -0.2) is 13.4 Å². The fraction of sp³-hybridized carbons (Fsp3) is 0.250. The summed E-state index contributed by atoms with van der Waals surface area (Å²) in [6, 6.07) is 12.0. The lowest BCUT2D eigenvalue weighted by Gasteiger charge is -2.15. The van der Waals surface area contributed by atoms with E-state index in [1.165, 1.54) is 11.3 Å². The molecule has 148 valence electrons. The highest BCUT2D eigenvalue weighted by atomic mass is 32.2. The number of aromatic nitrogens is 1. The van der Waals surface area contributed by atoms with E-state index in [0.717, 1.165) is 10.7 Å². The first kappa shape index (κ1) is 20.2. The average molecular weight is 419 g/mol. The standard InChI is InChI=1S/C20H22N2O4S2/c1-4-25-18-9-7-6-8-16(18)22-28(23,24)20-12-15(10-11-19(20)26-5-2)17-13-27-14(3)21-17/h6-13,22H,4-5H2,1-3H3. The van der Waals surface area contributed by atoms with Crippen LogP contribution in [0.3, 0.4) is 0 Å². The highest BCUT2D eigenvalue weighted by molar-refractivity contribution is 7.92. The van der Waals surface area contributed by atoms with E-state index in [0.29, 0.717) is 36.0 Å². The third-order valence-corrected chi connectivity index (χ3v) is 6.04. The lowest BCUT2D eigenvalue weighted by molar-refractivity contribution is 0.331. The zero-order valence-corrected chi connectivity index (χ0v) is 17.6. The van der Waals surface area contributed by atoms with E-state index in [2.05, 4.69) is 9.71 Å². The summed E-state index contributed by atoms with van der Waals surface area (Å²) in [7, 11) is -3.91. The number of hydrogen-bond acceptors (Lipinski definition) is 6. The van der Waals surface area contributed by atoms with Gasteiger partial charge in [-0.15, -0.1) is 11.3 Å². The SMILES string of the molecule is CCOc1ccccc1NS(=O)(=O)c1cc(-c2csc(C)n2)ccc1OCC. The maximum absolute atomic E-state index is 13.2. The molecule has 0 radical (unpaired) electrons. The van der Waals surface area contributed by atoms with Crippen LogP contribution in [0.4, 0.5) is 5.69 Å². The minimum atomic E-state index is -3.91. The molecule has 0 bridgehead atoms. The van der Waals surface area contributed by atoms with Gasteiger partial charge >= 0.3 is 0 Å². The van der Waals surface area contributed by atoms with Crippen LogP contribution >= 0.6 is 11.3 Å². The molecule has 1 aromatic heterocycles. The molecule has 0 aliphatic carbocycles. The Hall–Kier alpha value is -2.58. The summed E-state index contributed by atoms with van der Waals surface area (Å²) < 4.78 is 40.1. The summed E-state index contributed by atoms with van der Waals surface area (Å²) in [4.78, 5) is 4.50. The summed E-state index contributed by atoms with van der Waals surface area (Å²) in [5.41, 5.74) is 1.82. The molecule has 1 N–H and O–H groups in total. The predicted molar refractivity (Wildman–Crippen MR) is 112 cm³/mol. The molecule has 3 rings (SSSR count). The van der Waals surface area contributed by atoms with Crippen molar-refractivity contribution in [2.45, 2.75) is 25.7 Å². The third-order valence-electron chi connectivity index (χ3n) is 3.88. The molecule has 2 aromatic carbocycles. The van der Waals surface area contributed by atoms with Crippen molar-refractivity contribution in [1.29, 1.82) is 0 Å². The number of rotatable bonds is 8. The van der Waals surface area contributed by atoms with Crippen LogP contribution in [0.5, 0.6) is 11.5 Å². The van der Waals surface area contributed by atoms with Gasteiger partial charge in [0.1, 0.15) is 16.4 Å². The number of thiazole rings is 1. The molecule has 0 saturated heterocycles. The molecule has 6 nitrogen and oxygen atoms in total. The van der Waals surface area contributed by atoms with Crippen molar-refractivity contribution in [3.63, 3.8) is 0 Å². The second kappa shape index (κ2) is 8.62. The Morgan fingerprint density at radius 2 is 1.75 bits per heavy atom. The van der Waals surface area contributed by atoms with E-state index in [1.54, 1.807) is 36.4 Å². The largest absolute Gasteiger partial charge is 0.492 e. The molecule has 0 amide bonds. The minimum absolute atomic E-state index is 0.0591. The molecular formula is C20H22N2O4S2. The van der Waals surface area contributed by atoms with Crippen LogP contribution in [-0.2, 0) is 10.0 Å². The lowest BCUT2D eigenvalue weighted by atomic mass is 10.2. The Bertz CT molecular complexity index is 1060. The molecular weight excluding hydrogens is 396 g/mol. The number of anilines is 1. The molecule has 3 aromatic rings. The minimum Gasteiger partial charge on any atom is -0.492 e. The number of hydrogen-bond donors (Lipinski definition) is 1. The fourth-order valence-corrected chi connectivity index (χ4v) is 4.54. The summed E-state index contributed by atoms with van der Waals surface area (Å²) >= 11 is 1.51. The van der Waals surface area contributed by atoms with Gasteiger partial charge in [0.25, 0.3) is 10.0 Å². The first-order chi connectivity index (χ1) is 13.4. The Labute approximate surface area is 169 Å². The van der Waals surface area contributed by atoms with Crippen LogP contribution < -0.4 is 14.2 Å². The molecule has 0 unspecified atom stereocenters. The van der Waals surface area contributed by atoms with Gasteiger partial charge in [0, 0.05) is 10.9 Å². The van der Waals surface area contributed by atoms with E-state index >= 15 is 0 Å². The zero-order chi connectivity index (χ0) is 20.1. The number of para-hydroxylation sites is 2. The Kier molecular flexibility index (Phi) is 6.21. The smallest absolute Gasteiger partial charge is 0.265 e. The van der Waals surface area contributed by atoms with Crippen LogP contribution in [0.2, 0.25) is 0 Å². The normalized spacial score (nSPS) is 11.2. The first-order valence-corrected chi connectivity index (χ1v) is 11.2. The number of nitrogens with one attached hydrogen (secondary N) is 1. The van der Waals surface area contributed by atoms with Gasteiger partial charge in [0.15, 0.2) is 0 Å². The predicted octanol–water partition coefficient (Wildman–Crippen LogP) is 4.72. The highest BCUT2D eigenvalue weighted by Gasteiger charge is 2.23. The molecule has 0 spiro atoms. The van der Waals surface area contributed by atoms with Crippen molar-refractivity contribution in [2.75, 3.05) is 17.9 Å².